The number of rotatable bonds is 7. The third kappa shape index (κ3) is 7.15. The fourth-order valence-electron chi connectivity index (χ4n) is 1.64. The lowest BCUT2D eigenvalue weighted by molar-refractivity contribution is -0.136. The molecular weight excluding hydrogens is 286 g/mol. The van der Waals surface area contributed by atoms with E-state index in [1.54, 1.807) is 11.8 Å². The van der Waals surface area contributed by atoms with Gasteiger partial charge in [0.25, 0.3) is 0 Å². The average molecular weight is 309 g/mol. The van der Waals surface area contributed by atoms with Gasteiger partial charge in [-0.25, -0.2) is 0 Å². The first kappa shape index (κ1) is 17.5. The summed E-state index contributed by atoms with van der Waals surface area (Å²) in [5.74, 6) is -0.172. The van der Waals surface area contributed by atoms with E-state index in [-0.39, 0.29) is 0 Å². The van der Waals surface area contributed by atoms with E-state index in [9.17, 15) is 9.59 Å². The molecule has 1 aromatic carbocycles. The molecule has 0 aliphatic carbocycles. The molecule has 1 aromatic rings. The predicted octanol–water partition coefficient (Wildman–Crippen LogP) is 1.21. The van der Waals surface area contributed by atoms with E-state index in [1.165, 1.54) is 5.56 Å². The van der Waals surface area contributed by atoms with Gasteiger partial charge >= 0.3 is 11.8 Å². The Kier molecular flexibility index (Phi) is 7.85. The summed E-state index contributed by atoms with van der Waals surface area (Å²) >= 11 is 1.80. The molecular formula is C15H23N3O2S. The van der Waals surface area contributed by atoms with Crippen LogP contribution >= 0.6 is 11.8 Å². The van der Waals surface area contributed by atoms with E-state index in [0.717, 1.165) is 12.2 Å². The summed E-state index contributed by atoms with van der Waals surface area (Å²) in [6, 6.07) is 7.58. The van der Waals surface area contributed by atoms with Crippen molar-refractivity contribution in [2.75, 3.05) is 44.5 Å². The fourth-order valence-corrected chi connectivity index (χ4v) is 2.08. The Balaban J connectivity index is 2.41. The maximum atomic E-state index is 11.7. The highest BCUT2D eigenvalue weighted by molar-refractivity contribution is 7.98. The van der Waals surface area contributed by atoms with Crippen molar-refractivity contribution in [1.29, 1.82) is 0 Å². The number of anilines is 1. The number of aryl methyl sites for hydroxylation is 1. The van der Waals surface area contributed by atoms with Gasteiger partial charge in [-0.3, -0.25) is 9.59 Å². The molecule has 116 valence electrons. The van der Waals surface area contributed by atoms with E-state index >= 15 is 0 Å². The van der Waals surface area contributed by atoms with Gasteiger partial charge in [0.05, 0.1) is 0 Å². The van der Waals surface area contributed by atoms with Crippen molar-refractivity contribution in [3.8, 4) is 0 Å². The first-order valence-corrected chi connectivity index (χ1v) is 8.24. The van der Waals surface area contributed by atoms with Crippen molar-refractivity contribution in [3.63, 3.8) is 0 Å². The standard InChI is InChI=1S/C15H23N3O2S/c1-18(2)10-9-16-14(19)15(20)17-13-6-4-12(5-7-13)8-11-21-3/h4-7H,8-11H2,1-3H3,(H,16,19)(H,17,20). The van der Waals surface area contributed by atoms with Crippen molar-refractivity contribution >= 4 is 29.3 Å². The summed E-state index contributed by atoms with van der Waals surface area (Å²) in [4.78, 5) is 25.2. The number of nitrogens with one attached hydrogen (secondary N) is 2. The van der Waals surface area contributed by atoms with Crippen molar-refractivity contribution in [3.05, 3.63) is 29.8 Å². The number of benzene rings is 1. The van der Waals surface area contributed by atoms with E-state index in [4.69, 9.17) is 0 Å². The van der Waals surface area contributed by atoms with Crippen LogP contribution in [0.15, 0.2) is 24.3 Å². The molecule has 0 aromatic heterocycles. The van der Waals surface area contributed by atoms with Crippen LogP contribution in [0.1, 0.15) is 5.56 Å². The first-order valence-electron chi connectivity index (χ1n) is 6.84. The average Bonchev–Trinajstić information content (AvgIpc) is 2.46. The number of nitrogens with zero attached hydrogens (tertiary/aromatic N) is 1. The minimum atomic E-state index is -0.634. The molecule has 0 heterocycles. The molecule has 6 heteroatoms. The van der Waals surface area contributed by atoms with Gasteiger partial charge in [0.1, 0.15) is 0 Å². The number of likely N-dealkylation sites (N-methyl/N-ethyl adjacent to an activating group) is 1. The van der Waals surface area contributed by atoms with Crippen LogP contribution in [0.4, 0.5) is 5.69 Å². The quantitative estimate of drug-likeness (QED) is 0.743. The molecule has 5 nitrogen and oxygen atoms in total. The van der Waals surface area contributed by atoms with Gasteiger partial charge in [-0.05, 0) is 50.2 Å². The van der Waals surface area contributed by atoms with E-state index in [2.05, 4.69) is 16.9 Å². The van der Waals surface area contributed by atoms with Crippen LogP contribution in [0, 0.1) is 0 Å². The highest BCUT2D eigenvalue weighted by Crippen LogP contribution is 2.11. The van der Waals surface area contributed by atoms with E-state index in [0.29, 0.717) is 18.8 Å². The van der Waals surface area contributed by atoms with Gasteiger partial charge in [-0.1, -0.05) is 12.1 Å². The van der Waals surface area contributed by atoms with Crippen LogP contribution in [0.25, 0.3) is 0 Å². The van der Waals surface area contributed by atoms with Crippen molar-refractivity contribution in [1.82, 2.24) is 10.2 Å². The second-order valence-corrected chi connectivity index (χ2v) is 5.94. The zero-order valence-electron chi connectivity index (χ0n) is 12.8. The van der Waals surface area contributed by atoms with Crippen LogP contribution < -0.4 is 10.6 Å². The number of hydrogen-bond acceptors (Lipinski definition) is 4. The molecule has 0 atom stereocenters. The minimum Gasteiger partial charge on any atom is -0.347 e. The van der Waals surface area contributed by atoms with Gasteiger partial charge in [0.2, 0.25) is 0 Å². The third-order valence-electron chi connectivity index (χ3n) is 2.86. The van der Waals surface area contributed by atoms with E-state index in [1.807, 2.05) is 43.3 Å². The molecule has 0 unspecified atom stereocenters. The van der Waals surface area contributed by atoms with Gasteiger partial charge in [-0.2, -0.15) is 11.8 Å². The predicted molar refractivity (Wildman–Crippen MR) is 88.7 cm³/mol. The highest BCUT2D eigenvalue weighted by atomic mass is 32.2. The third-order valence-corrected chi connectivity index (χ3v) is 3.47. The molecule has 1 rings (SSSR count). The SMILES string of the molecule is CSCCc1ccc(NC(=O)C(=O)NCCN(C)C)cc1. The van der Waals surface area contributed by atoms with E-state index < -0.39 is 11.8 Å². The maximum absolute atomic E-state index is 11.7. The Morgan fingerprint density at radius 1 is 1.14 bits per heavy atom. The largest absolute Gasteiger partial charge is 0.347 e. The van der Waals surface area contributed by atoms with Crippen molar-refractivity contribution in [2.45, 2.75) is 6.42 Å². The second-order valence-electron chi connectivity index (χ2n) is 4.95. The second kappa shape index (κ2) is 9.41. The number of amides is 2. The van der Waals surface area contributed by atoms with Crippen LogP contribution in [-0.2, 0) is 16.0 Å². The lowest BCUT2D eigenvalue weighted by Gasteiger charge is -2.10. The topological polar surface area (TPSA) is 61.4 Å². The first-order chi connectivity index (χ1) is 10.0. The summed E-state index contributed by atoms with van der Waals surface area (Å²) in [5.41, 5.74) is 1.86. The number of carbonyl (C=O) groups is 2. The van der Waals surface area contributed by atoms with Gasteiger partial charge in [-0.15, -0.1) is 0 Å². The molecule has 0 saturated carbocycles. The molecule has 0 radical (unpaired) electrons. The Bertz CT molecular complexity index is 460. The molecule has 0 aliphatic rings. The molecule has 21 heavy (non-hydrogen) atoms. The maximum Gasteiger partial charge on any atom is 0.313 e. The van der Waals surface area contributed by atoms with Crippen LogP contribution in [0.2, 0.25) is 0 Å². The zero-order chi connectivity index (χ0) is 15.7. The van der Waals surface area contributed by atoms with Crippen LogP contribution in [0.5, 0.6) is 0 Å². The molecule has 0 aliphatic heterocycles. The Morgan fingerprint density at radius 2 is 1.81 bits per heavy atom. The minimum absolute atomic E-state index is 0.451. The summed E-state index contributed by atoms with van der Waals surface area (Å²) in [5, 5.41) is 5.17. The normalized spacial score (nSPS) is 10.5. The van der Waals surface area contributed by atoms with Crippen molar-refractivity contribution in [2.24, 2.45) is 0 Å². The molecule has 2 amide bonds. The monoisotopic (exact) mass is 309 g/mol. The number of carbonyl (C=O) groups excluding carboxylic acids is 2. The fraction of sp³-hybridized carbons (Fsp3) is 0.467. The van der Waals surface area contributed by atoms with Gasteiger partial charge in [0.15, 0.2) is 0 Å². The molecule has 0 bridgehead atoms. The molecule has 0 spiro atoms. The molecule has 0 saturated heterocycles. The summed E-state index contributed by atoms with van der Waals surface area (Å²) < 4.78 is 0. The Morgan fingerprint density at radius 3 is 2.38 bits per heavy atom. The summed E-state index contributed by atoms with van der Waals surface area (Å²) in [6.45, 7) is 1.15. The lowest BCUT2D eigenvalue weighted by atomic mass is 10.1. The van der Waals surface area contributed by atoms with Gasteiger partial charge < -0.3 is 15.5 Å². The Labute approximate surface area is 130 Å². The highest BCUT2D eigenvalue weighted by Gasteiger charge is 2.12. The number of thioether (sulfide) groups is 1. The number of hydrogen-bond donors (Lipinski definition) is 2. The molecule has 0 fully saturated rings. The summed E-state index contributed by atoms with van der Waals surface area (Å²) in [6.07, 6.45) is 3.07. The van der Waals surface area contributed by atoms with Gasteiger partial charge in [0, 0.05) is 18.8 Å². The smallest absolute Gasteiger partial charge is 0.313 e. The summed E-state index contributed by atoms with van der Waals surface area (Å²) in [7, 11) is 3.82. The van der Waals surface area contributed by atoms with Crippen LogP contribution in [0.3, 0.4) is 0 Å². The Hall–Kier alpha value is -1.53. The lowest BCUT2D eigenvalue weighted by Crippen LogP contribution is -2.38. The van der Waals surface area contributed by atoms with Crippen LogP contribution in [-0.4, -0.2) is 55.9 Å². The zero-order valence-corrected chi connectivity index (χ0v) is 13.6. The molecule has 2 N–H and O–H groups in total. The van der Waals surface area contributed by atoms with Crippen molar-refractivity contribution < 1.29 is 9.59 Å².